The van der Waals surface area contributed by atoms with Crippen LogP contribution in [-0.2, 0) is 6.54 Å². The Kier molecular flexibility index (Phi) is 3.81. The second-order valence-electron chi connectivity index (χ2n) is 4.63. The van der Waals surface area contributed by atoms with Gasteiger partial charge in [0.15, 0.2) is 0 Å². The van der Waals surface area contributed by atoms with Gasteiger partial charge < -0.3 is 11.1 Å². The lowest BCUT2D eigenvalue weighted by molar-refractivity contribution is 1.17. The minimum atomic E-state index is 0.344. The minimum absolute atomic E-state index is 0.344. The van der Waals surface area contributed by atoms with Crippen molar-refractivity contribution >= 4 is 45.1 Å². The maximum Gasteiger partial charge on any atom is 0.107 e. The van der Waals surface area contributed by atoms with Gasteiger partial charge in [-0.25, -0.2) is 4.98 Å². The highest BCUT2D eigenvalue weighted by Gasteiger charge is 2.11. The van der Waals surface area contributed by atoms with Crippen LogP contribution >= 0.6 is 23.6 Å². The van der Waals surface area contributed by atoms with E-state index in [0.717, 1.165) is 27.2 Å². The highest BCUT2D eigenvalue weighted by molar-refractivity contribution is 7.80. The Morgan fingerprint density at radius 2 is 2.10 bits per heavy atom. The maximum atomic E-state index is 5.82. The molecule has 0 amide bonds. The predicted molar refractivity (Wildman–Crippen MR) is 91.8 cm³/mol. The van der Waals surface area contributed by atoms with E-state index in [2.05, 4.69) is 15.3 Å². The van der Waals surface area contributed by atoms with Gasteiger partial charge in [-0.1, -0.05) is 30.4 Å². The molecule has 0 aliphatic carbocycles. The minimum Gasteiger partial charge on any atom is -0.389 e. The van der Waals surface area contributed by atoms with Crippen LogP contribution in [0.3, 0.4) is 0 Å². The molecule has 0 unspecified atom stereocenters. The summed E-state index contributed by atoms with van der Waals surface area (Å²) in [5, 5.41) is 5.50. The molecule has 0 fully saturated rings. The van der Waals surface area contributed by atoms with Crippen LogP contribution in [0.25, 0.3) is 10.9 Å². The van der Waals surface area contributed by atoms with Crippen molar-refractivity contribution in [2.24, 2.45) is 5.73 Å². The number of aryl methyl sites for hydroxylation is 1. The van der Waals surface area contributed by atoms with Crippen molar-refractivity contribution in [2.45, 2.75) is 13.5 Å². The monoisotopic (exact) mass is 314 g/mol. The fourth-order valence-electron chi connectivity index (χ4n) is 2.18. The number of thiazole rings is 1. The molecule has 3 N–H and O–H groups in total. The first-order chi connectivity index (χ1) is 10.1. The highest BCUT2D eigenvalue weighted by Crippen LogP contribution is 2.27. The number of hydrogen-bond acceptors (Lipinski definition) is 5. The normalized spacial score (nSPS) is 10.7. The molecule has 0 aliphatic heterocycles. The summed E-state index contributed by atoms with van der Waals surface area (Å²) in [6.07, 6.45) is 3.61. The molecule has 4 nitrogen and oxygen atoms in total. The first kappa shape index (κ1) is 13.9. The van der Waals surface area contributed by atoms with Crippen molar-refractivity contribution < 1.29 is 0 Å². The molecule has 0 radical (unpaired) electrons. The number of benzene rings is 1. The molecule has 106 valence electrons. The van der Waals surface area contributed by atoms with Crippen molar-refractivity contribution in [1.82, 2.24) is 9.97 Å². The summed E-state index contributed by atoms with van der Waals surface area (Å²) in [7, 11) is 0. The van der Waals surface area contributed by atoms with Crippen LogP contribution in [0.15, 0.2) is 36.7 Å². The second kappa shape index (κ2) is 5.75. The van der Waals surface area contributed by atoms with Gasteiger partial charge in [0.2, 0.25) is 0 Å². The van der Waals surface area contributed by atoms with Crippen LogP contribution in [0.4, 0.5) is 5.69 Å². The van der Waals surface area contributed by atoms with Gasteiger partial charge in [0.25, 0.3) is 0 Å². The Balaban J connectivity index is 2.01. The summed E-state index contributed by atoms with van der Waals surface area (Å²) in [5.41, 5.74) is 8.44. The predicted octanol–water partition coefficient (Wildman–Crippen LogP) is 3.25. The second-order valence-corrected chi connectivity index (χ2v) is 6.39. The molecule has 3 aromatic rings. The third-order valence-corrected chi connectivity index (χ3v) is 4.28. The molecule has 0 atom stereocenters. The summed E-state index contributed by atoms with van der Waals surface area (Å²) >= 11 is 6.81. The molecule has 6 heteroatoms. The van der Waals surface area contributed by atoms with Gasteiger partial charge in [-0.2, -0.15) is 0 Å². The molecule has 2 heterocycles. The molecule has 0 spiro atoms. The van der Waals surface area contributed by atoms with E-state index in [1.165, 1.54) is 4.88 Å². The van der Waals surface area contributed by atoms with Crippen molar-refractivity contribution in [1.29, 1.82) is 0 Å². The quantitative estimate of drug-likeness (QED) is 0.724. The number of para-hydroxylation sites is 1. The Morgan fingerprint density at radius 3 is 2.81 bits per heavy atom. The average Bonchev–Trinajstić information content (AvgIpc) is 2.90. The van der Waals surface area contributed by atoms with Crippen LogP contribution in [0.2, 0.25) is 0 Å². The van der Waals surface area contributed by atoms with Gasteiger partial charge in [-0.15, -0.1) is 11.3 Å². The number of aromatic nitrogens is 2. The zero-order chi connectivity index (χ0) is 14.8. The molecular formula is C15H14N4S2. The van der Waals surface area contributed by atoms with E-state index < -0.39 is 0 Å². The number of anilines is 1. The average molecular weight is 314 g/mol. The van der Waals surface area contributed by atoms with Gasteiger partial charge in [-0.3, -0.25) is 4.98 Å². The molecule has 1 aromatic carbocycles. The van der Waals surface area contributed by atoms with E-state index in [-0.39, 0.29) is 0 Å². The lowest BCUT2D eigenvalue weighted by Gasteiger charge is -2.13. The third-order valence-electron chi connectivity index (χ3n) is 3.15. The number of nitrogens with zero attached hydrogens (tertiary/aromatic N) is 2. The Bertz CT molecular complexity index is 810. The van der Waals surface area contributed by atoms with E-state index >= 15 is 0 Å². The van der Waals surface area contributed by atoms with Crippen LogP contribution in [0, 0.1) is 6.92 Å². The lowest BCUT2D eigenvalue weighted by Crippen LogP contribution is -2.14. The van der Waals surface area contributed by atoms with Crippen LogP contribution in [0.5, 0.6) is 0 Å². The fourth-order valence-corrected chi connectivity index (χ4v) is 3.07. The topological polar surface area (TPSA) is 63.8 Å². The van der Waals surface area contributed by atoms with Crippen LogP contribution < -0.4 is 11.1 Å². The van der Waals surface area contributed by atoms with Crippen LogP contribution in [0.1, 0.15) is 15.4 Å². The number of nitrogens with two attached hydrogens (primary N) is 1. The van der Waals surface area contributed by atoms with E-state index in [0.29, 0.717) is 11.5 Å². The highest BCUT2D eigenvalue weighted by atomic mass is 32.1. The first-order valence-corrected chi connectivity index (χ1v) is 7.70. The molecule has 0 saturated heterocycles. The molecule has 0 saturated carbocycles. The van der Waals surface area contributed by atoms with Gasteiger partial charge in [-0.05, 0) is 13.0 Å². The van der Waals surface area contributed by atoms with Gasteiger partial charge >= 0.3 is 0 Å². The van der Waals surface area contributed by atoms with Crippen LogP contribution in [-0.4, -0.2) is 15.0 Å². The van der Waals surface area contributed by atoms with Crippen molar-refractivity contribution in [2.75, 3.05) is 5.32 Å². The van der Waals surface area contributed by atoms with Gasteiger partial charge in [0.1, 0.15) is 4.99 Å². The third kappa shape index (κ3) is 2.86. The molecular weight excluding hydrogens is 300 g/mol. The summed E-state index contributed by atoms with van der Waals surface area (Å²) in [5.74, 6) is 0. The Labute approximate surface area is 132 Å². The summed E-state index contributed by atoms with van der Waals surface area (Å²) in [6, 6.07) is 7.94. The molecule has 3 rings (SSSR count). The van der Waals surface area contributed by atoms with Crippen molar-refractivity contribution in [3.8, 4) is 0 Å². The molecule has 0 aliphatic rings. The van der Waals surface area contributed by atoms with E-state index in [9.17, 15) is 0 Å². The number of rotatable bonds is 4. The Morgan fingerprint density at radius 1 is 1.29 bits per heavy atom. The fraction of sp³-hybridized carbons (Fsp3) is 0.133. The lowest BCUT2D eigenvalue weighted by atomic mass is 10.1. The first-order valence-electron chi connectivity index (χ1n) is 6.48. The van der Waals surface area contributed by atoms with E-state index in [1.54, 1.807) is 17.5 Å². The summed E-state index contributed by atoms with van der Waals surface area (Å²) in [4.78, 5) is 10.2. The number of hydrogen-bond donors (Lipinski definition) is 2. The number of pyridine rings is 1. The maximum absolute atomic E-state index is 5.82. The number of fused-ring (bicyclic) bond motifs is 1. The zero-order valence-electron chi connectivity index (χ0n) is 11.5. The largest absolute Gasteiger partial charge is 0.389 e. The van der Waals surface area contributed by atoms with Gasteiger partial charge in [0.05, 0.1) is 28.3 Å². The van der Waals surface area contributed by atoms with Gasteiger partial charge in [0, 0.05) is 22.7 Å². The molecule has 21 heavy (non-hydrogen) atoms. The van der Waals surface area contributed by atoms with E-state index in [1.807, 2.05) is 37.4 Å². The smallest absolute Gasteiger partial charge is 0.107 e. The SMILES string of the molecule is Cc1ncc(CNc2c(C(N)=S)cnc3ccccc23)s1. The summed E-state index contributed by atoms with van der Waals surface area (Å²) < 4.78 is 0. The van der Waals surface area contributed by atoms with Crippen molar-refractivity contribution in [3.05, 3.63) is 52.1 Å². The number of thiocarbonyl (C=S) groups is 1. The Hall–Kier alpha value is -2.05. The van der Waals surface area contributed by atoms with E-state index in [4.69, 9.17) is 18.0 Å². The molecule has 0 bridgehead atoms. The van der Waals surface area contributed by atoms with Crippen molar-refractivity contribution in [3.63, 3.8) is 0 Å². The standard InChI is InChI=1S/C15H14N4S2/c1-9-17-6-10(21-9)7-19-14-11-4-2-3-5-13(11)18-8-12(14)15(16)20/h2-6,8H,7H2,1H3,(H2,16,20)(H,18,19). The summed E-state index contributed by atoms with van der Waals surface area (Å²) in [6.45, 7) is 2.69. The zero-order valence-corrected chi connectivity index (χ0v) is 13.1. The molecule has 2 aromatic heterocycles. The number of nitrogens with one attached hydrogen (secondary N) is 1.